The molecular weight excluding hydrogens is 888 g/mol. The molecule has 0 radical (unpaired) electrons. The van der Waals surface area contributed by atoms with Crippen LogP contribution in [0, 0.1) is 0 Å². The van der Waals surface area contributed by atoms with Gasteiger partial charge in [-0.25, -0.2) is 0 Å². The molecule has 0 spiro atoms. The lowest BCUT2D eigenvalue weighted by Gasteiger charge is -2.46. The van der Waals surface area contributed by atoms with Crippen LogP contribution in [-0.4, -0.2) is 6.85 Å². The van der Waals surface area contributed by atoms with Crippen LogP contribution in [-0.2, 0) is 27.1 Å². The van der Waals surface area contributed by atoms with Crippen LogP contribution < -0.4 is 20.6 Å². The van der Waals surface area contributed by atoms with Gasteiger partial charge >= 0.3 is 6.85 Å². The summed E-state index contributed by atoms with van der Waals surface area (Å²) in [7, 11) is 0. The molecule has 4 nitrogen and oxygen atoms in total. The Bertz CT molecular complexity index is 3920. The second-order valence-corrected chi connectivity index (χ2v) is 26.1. The molecule has 73 heavy (non-hydrogen) atoms. The Kier molecular flexibility index (Phi) is 9.61. The molecule has 2 aliphatic heterocycles. The van der Waals surface area contributed by atoms with Crippen LogP contribution in [0.2, 0.25) is 0 Å². The predicted octanol–water partition coefficient (Wildman–Crippen LogP) is 18.1. The van der Waals surface area contributed by atoms with Crippen LogP contribution in [0.5, 0.6) is 0 Å². The summed E-state index contributed by atoms with van der Waals surface area (Å²) < 4.78 is 14.4. The third kappa shape index (κ3) is 6.93. The van der Waals surface area contributed by atoms with Crippen molar-refractivity contribution in [2.75, 3.05) is 9.71 Å². The maximum absolute atomic E-state index is 7.27. The van der Waals surface area contributed by atoms with Crippen molar-refractivity contribution in [3.05, 3.63) is 173 Å². The first kappa shape index (κ1) is 45.9. The van der Waals surface area contributed by atoms with Crippen LogP contribution in [0.4, 0.5) is 28.4 Å². The summed E-state index contributed by atoms with van der Waals surface area (Å²) in [5.41, 5.74) is 23.2. The van der Waals surface area contributed by atoms with Crippen LogP contribution in [0.25, 0.3) is 66.1 Å². The lowest BCUT2D eigenvalue weighted by atomic mass is 9.43. The van der Waals surface area contributed by atoms with Crippen LogP contribution in [0.15, 0.2) is 154 Å². The van der Waals surface area contributed by atoms with Gasteiger partial charge < -0.3 is 18.5 Å². The van der Waals surface area contributed by atoms with Gasteiger partial charge in [0.05, 0.1) is 5.69 Å². The molecule has 0 unspecified atom stereocenters. The molecule has 3 aliphatic rings. The van der Waals surface area contributed by atoms with Crippen LogP contribution >= 0.6 is 0 Å². The van der Waals surface area contributed by atoms with Gasteiger partial charge in [-0.05, 0) is 145 Å². The first-order valence-electron chi connectivity index (χ1n) is 26.6. The van der Waals surface area contributed by atoms with Crippen molar-refractivity contribution < 1.29 is 8.83 Å². The van der Waals surface area contributed by atoms with E-state index in [1.54, 1.807) is 0 Å². The monoisotopic (exact) mass is 955 g/mol. The molecule has 2 aromatic heterocycles. The van der Waals surface area contributed by atoms with E-state index in [0.717, 1.165) is 85.2 Å². The third-order valence-corrected chi connectivity index (χ3v) is 17.2. The Morgan fingerprint density at radius 3 is 1.73 bits per heavy atom. The molecule has 8 aromatic carbocycles. The Labute approximate surface area is 432 Å². The van der Waals surface area contributed by atoms with E-state index >= 15 is 0 Å². The van der Waals surface area contributed by atoms with Crippen molar-refractivity contribution in [1.29, 1.82) is 0 Å². The standard InChI is InChI=1S/C68H67BN2O2/c1-64(2,3)41-23-27-44(28-24-41)71-56-39-60-47(48-36-51-52(38-59(48)72-60)68(12,13)32-31-67(51,10)11)35-50(56)61-62-57(37-49-45-21-17-18-22-58(45)73-63(49)61)70(55-30-26-43(66(7,8)9)34-53(55)69(62)71)54-29-25-42(65(4,5)6)33-46(54)40-19-15-14-16-20-40/h14-30,33-39H,31-32H2,1-13H3. The summed E-state index contributed by atoms with van der Waals surface area (Å²) in [6.45, 7) is 30.3. The van der Waals surface area contributed by atoms with E-state index in [2.05, 4.69) is 245 Å². The quantitative estimate of drug-likeness (QED) is 0.165. The molecular formula is C68H67BN2O2. The lowest BCUT2D eigenvalue weighted by Crippen LogP contribution is -2.61. The molecule has 0 N–H and O–H groups in total. The number of hydrogen-bond donors (Lipinski definition) is 0. The highest BCUT2D eigenvalue weighted by Crippen LogP contribution is 2.55. The highest BCUT2D eigenvalue weighted by molar-refractivity contribution is 6.94. The molecule has 5 heteroatoms. The summed E-state index contributed by atoms with van der Waals surface area (Å²) in [6, 6.07) is 55.6. The first-order valence-corrected chi connectivity index (χ1v) is 26.6. The second kappa shape index (κ2) is 15.3. The topological polar surface area (TPSA) is 32.8 Å². The predicted molar refractivity (Wildman–Crippen MR) is 312 cm³/mol. The third-order valence-electron chi connectivity index (χ3n) is 17.2. The molecule has 4 heterocycles. The minimum Gasteiger partial charge on any atom is -0.456 e. The van der Waals surface area contributed by atoms with Crippen LogP contribution in [0.3, 0.4) is 0 Å². The Morgan fingerprint density at radius 1 is 0.452 bits per heavy atom. The molecule has 0 saturated carbocycles. The zero-order chi connectivity index (χ0) is 50.9. The van der Waals surface area contributed by atoms with E-state index in [1.807, 2.05) is 0 Å². The number of fused-ring (bicyclic) bond motifs is 12. The molecule has 13 rings (SSSR count). The molecule has 0 amide bonds. The lowest BCUT2D eigenvalue weighted by molar-refractivity contribution is 0.332. The maximum Gasteiger partial charge on any atom is 0.333 e. The Morgan fingerprint density at radius 2 is 1.04 bits per heavy atom. The molecule has 0 bridgehead atoms. The average Bonchev–Trinajstić information content (AvgIpc) is 3.92. The fraction of sp³-hybridized carbons (Fsp3) is 0.294. The van der Waals surface area contributed by atoms with E-state index < -0.39 is 0 Å². The zero-order valence-corrected chi connectivity index (χ0v) is 45.1. The summed E-state index contributed by atoms with van der Waals surface area (Å²) in [5, 5.41) is 4.52. The van der Waals surface area contributed by atoms with Gasteiger partial charge in [-0.15, -0.1) is 0 Å². The minimum atomic E-state index is -0.228. The van der Waals surface area contributed by atoms with Gasteiger partial charge in [0.25, 0.3) is 0 Å². The SMILES string of the molecule is CC(C)(C)c1ccc(N2B3c4cc(C(C)(C)C)ccc4N(c4ccc(C(C)(C)C)cc4-c4ccccc4)c4cc5c(oc6ccccc65)c(c43)-c3cc4c(cc32)oc2cc3c(cc24)C(C)(C)CCC3(C)C)cc1. The largest absolute Gasteiger partial charge is 0.456 e. The van der Waals surface area contributed by atoms with E-state index in [-0.39, 0.29) is 33.9 Å². The molecule has 364 valence electrons. The molecule has 0 atom stereocenters. The van der Waals surface area contributed by atoms with E-state index in [9.17, 15) is 0 Å². The number of rotatable bonds is 3. The van der Waals surface area contributed by atoms with Gasteiger partial charge in [-0.2, -0.15) is 0 Å². The number of anilines is 5. The number of hydrogen-bond acceptors (Lipinski definition) is 4. The first-order chi connectivity index (χ1) is 34.6. The van der Waals surface area contributed by atoms with Crippen molar-refractivity contribution in [1.82, 2.24) is 0 Å². The summed E-state index contributed by atoms with van der Waals surface area (Å²) >= 11 is 0. The van der Waals surface area contributed by atoms with Crippen molar-refractivity contribution in [2.45, 2.75) is 130 Å². The van der Waals surface area contributed by atoms with E-state index in [0.29, 0.717) is 0 Å². The minimum absolute atomic E-state index is 0.00765. The van der Waals surface area contributed by atoms with Gasteiger partial charge in [-0.3, -0.25) is 0 Å². The number of furan rings is 2. The van der Waals surface area contributed by atoms with Gasteiger partial charge in [0.2, 0.25) is 0 Å². The van der Waals surface area contributed by atoms with Crippen molar-refractivity contribution in [2.24, 2.45) is 0 Å². The van der Waals surface area contributed by atoms with Gasteiger partial charge in [0.1, 0.15) is 22.3 Å². The average molecular weight is 955 g/mol. The van der Waals surface area contributed by atoms with Gasteiger partial charge in [0.15, 0.2) is 0 Å². The zero-order valence-electron chi connectivity index (χ0n) is 45.1. The fourth-order valence-corrected chi connectivity index (χ4v) is 12.7. The molecule has 1 aliphatic carbocycles. The molecule has 0 fully saturated rings. The van der Waals surface area contributed by atoms with Gasteiger partial charge in [0, 0.05) is 67.1 Å². The number of para-hydroxylation sites is 1. The summed E-state index contributed by atoms with van der Waals surface area (Å²) in [4.78, 5) is 5.23. The van der Waals surface area contributed by atoms with Crippen molar-refractivity contribution in [3.8, 4) is 22.3 Å². The van der Waals surface area contributed by atoms with E-state index in [1.165, 1.54) is 60.9 Å². The second-order valence-electron chi connectivity index (χ2n) is 26.1. The number of nitrogens with zero attached hydrogens (tertiary/aromatic N) is 2. The summed E-state index contributed by atoms with van der Waals surface area (Å²) in [5.74, 6) is 0. The van der Waals surface area contributed by atoms with E-state index in [4.69, 9.17) is 8.83 Å². The molecule has 10 aromatic rings. The Balaban J connectivity index is 1.20. The van der Waals surface area contributed by atoms with Crippen molar-refractivity contribution >= 4 is 90.1 Å². The maximum atomic E-state index is 7.27. The summed E-state index contributed by atoms with van der Waals surface area (Å²) in [6.07, 6.45) is 2.29. The smallest absolute Gasteiger partial charge is 0.333 e. The van der Waals surface area contributed by atoms with Crippen LogP contribution in [0.1, 0.15) is 131 Å². The molecule has 0 saturated heterocycles. The Hall–Kier alpha value is -6.98. The van der Waals surface area contributed by atoms with Gasteiger partial charge in [-0.1, -0.05) is 169 Å². The highest BCUT2D eigenvalue weighted by Gasteiger charge is 2.48. The highest BCUT2D eigenvalue weighted by atomic mass is 16.3. The fourth-order valence-electron chi connectivity index (χ4n) is 12.7. The van der Waals surface area contributed by atoms with Crippen molar-refractivity contribution in [3.63, 3.8) is 0 Å². The number of benzene rings is 8. The normalized spacial score (nSPS) is 16.0.